The third-order valence-corrected chi connectivity index (χ3v) is 2.54. The molecule has 1 rings (SSSR count). The van der Waals surface area contributed by atoms with E-state index in [9.17, 15) is 4.79 Å². The van der Waals surface area contributed by atoms with Gasteiger partial charge in [0.25, 0.3) is 0 Å². The largest absolute Gasteiger partial charge is 0.383 e. The van der Waals surface area contributed by atoms with Gasteiger partial charge in [0, 0.05) is 38.6 Å². The van der Waals surface area contributed by atoms with Gasteiger partial charge in [-0.2, -0.15) is 0 Å². The highest BCUT2D eigenvalue weighted by molar-refractivity contribution is 5.84. The molecule has 0 unspecified atom stereocenters. The number of hydrogen-bond acceptors (Lipinski definition) is 3. The van der Waals surface area contributed by atoms with Crippen molar-refractivity contribution in [3.05, 3.63) is 0 Å². The van der Waals surface area contributed by atoms with Gasteiger partial charge in [0.05, 0.1) is 6.61 Å². The van der Waals surface area contributed by atoms with Crippen LogP contribution >= 0.6 is 0 Å². The molecule has 1 fully saturated rings. The zero-order valence-electron chi connectivity index (χ0n) is 8.75. The molecule has 76 valence electrons. The number of carbonyl (C=O) groups excluding carboxylic acids is 1. The summed E-state index contributed by atoms with van der Waals surface area (Å²) < 4.78 is 4.96. The van der Waals surface area contributed by atoms with E-state index in [0.717, 1.165) is 26.2 Å². The molecule has 1 heterocycles. The predicted molar refractivity (Wildman–Crippen MR) is 51.7 cm³/mol. The molecule has 1 aliphatic rings. The summed E-state index contributed by atoms with van der Waals surface area (Å²) in [7, 11) is 1.70. The van der Waals surface area contributed by atoms with Gasteiger partial charge in [-0.05, 0) is 0 Å². The van der Waals surface area contributed by atoms with Gasteiger partial charge in [-0.3, -0.25) is 9.69 Å². The molecule has 1 saturated heterocycles. The summed E-state index contributed by atoms with van der Waals surface area (Å²) in [6.07, 6.45) is 0. The second-order valence-electron chi connectivity index (χ2n) is 4.01. The summed E-state index contributed by atoms with van der Waals surface area (Å²) in [4.78, 5) is 13.7. The third kappa shape index (κ3) is 2.78. The maximum Gasteiger partial charge on any atom is 0.141 e. The van der Waals surface area contributed by atoms with Crippen LogP contribution in [0.4, 0.5) is 0 Å². The maximum atomic E-state index is 11.5. The van der Waals surface area contributed by atoms with E-state index in [2.05, 4.69) is 4.90 Å². The fraction of sp³-hybridized carbons (Fsp3) is 0.900. The highest BCUT2D eigenvalue weighted by Gasteiger charge is 2.32. The van der Waals surface area contributed by atoms with Crippen molar-refractivity contribution in [1.29, 1.82) is 0 Å². The highest BCUT2D eigenvalue weighted by Crippen LogP contribution is 2.19. The number of ketones is 1. The third-order valence-electron chi connectivity index (χ3n) is 2.54. The fourth-order valence-electron chi connectivity index (χ4n) is 1.62. The summed E-state index contributed by atoms with van der Waals surface area (Å²) in [6, 6.07) is 0. The summed E-state index contributed by atoms with van der Waals surface area (Å²) >= 11 is 0. The first-order valence-corrected chi connectivity index (χ1v) is 4.90. The lowest BCUT2D eigenvalue weighted by Gasteiger charge is -2.38. The highest BCUT2D eigenvalue weighted by atomic mass is 16.5. The maximum absolute atomic E-state index is 11.5. The van der Waals surface area contributed by atoms with Crippen molar-refractivity contribution in [2.24, 2.45) is 11.8 Å². The van der Waals surface area contributed by atoms with Gasteiger partial charge in [0.1, 0.15) is 5.78 Å². The minimum atomic E-state index is 0.189. The predicted octanol–water partition coefficient (Wildman–Crippen LogP) is 0.790. The van der Waals surface area contributed by atoms with Crippen molar-refractivity contribution < 1.29 is 9.53 Å². The second-order valence-corrected chi connectivity index (χ2v) is 4.01. The average Bonchev–Trinajstić information content (AvgIpc) is 2.01. The molecule has 1 aliphatic heterocycles. The lowest BCUT2D eigenvalue weighted by Crippen LogP contribution is -2.52. The number of rotatable bonds is 5. The van der Waals surface area contributed by atoms with Crippen LogP contribution < -0.4 is 0 Å². The Kier molecular flexibility index (Phi) is 3.88. The first-order valence-electron chi connectivity index (χ1n) is 4.90. The van der Waals surface area contributed by atoms with E-state index in [1.165, 1.54) is 0 Å². The van der Waals surface area contributed by atoms with Crippen molar-refractivity contribution >= 4 is 5.78 Å². The van der Waals surface area contributed by atoms with E-state index >= 15 is 0 Å². The minimum Gasteiger partial charge on any atom is -0.383 e. The van der Waals surface area contributed by atoms with Crippen LogP contribution in [0.5, 0.6) is 0 Å². The standard InChI is InChI=1S/C10H19NO2/c1-8(2)10(12)9-6-11(7-9)4-5-13-3/h8-9H,4-7H2,1-3H3. The van der Waals surface area contributed by atoms with Gasteiger partial charge in [0.15, 0.2) is 0 Å². The Morgan fingerprint density at radius 2 is 2.15 bits per heavy atom. The quantitative estimate of drug-likeness (QED) is 0.634. The van der Waals surface area contributed by atoms with Crippen LogP contribution in [0.25, 0.3) is 0 Å². The first-order chi connectivity index (χ1) is 6.15. The molecular weight excluding hydrogens is 166 g/mol. The molecule has 13 heavy (non-hydrogen) atoms. The topological polar surface area (TPSA) is 29.5 Å². The van der Waals surface area contributed by atoms with Crippen LogP contribution in [0, 0.1) is 11.8 Å². The summed E-state index contributed by atoms with van der Waals surface area (Å²) in [5.74, 6) is 0.889. The molecule has 0 aliphatic carbocycles. The number of hydrogen-bond donors (Lipinski definition) is 0. The average molecular weight is 185 g/mol. The van der Waals surface area contributed by atoms with Gasteiger partial charge in [-0.15, -0.1) is 0 Å². The molecule has 0 bridgehead atoms. The summed E-state index contributed by atoms with van der Waals surface area (Å²) in [5.41, 5.74) is 0. The molecule has 0 aromatic rings. The van der Waals surface area contributed by atoms with E-state index in [1.807, 2.05) is 13.8 Å². The Morgan fingerprint density at radius 3 is 2.62 bits per heavy atom. The molecule has 0 aromatic heterocycles. The van der Waals surface area contributed by atoms with Crippen LogP contribution in [0.15, 0.2) is 0 Å². The number of likely N-dealkylation sites (tertiary alicyclic amines) is 1. The van der Waals surface area contributed by atoms with E-state index in [4.69, 9.17) is 4.74 Å². The van der Waals surface area contributed by atoms with Crippen LogP contribution in [0.1, 0.15) is 13.8 Å². The smallest absolute Gasteiger partial charge is 0.141 e. The zero-order chi connectivity index (χ0) is 9.84. The number of methoxy groups -OCH3 is 1. The molecule has 0 N–H and O–H groups in total. The Labute approximate surface area is 80.1 Å². The summed E-state index contributed by atoms with van der Waals surface area (Å²) in [5, 5.41) is 0. The van der Waals surface area contributed by atoms with Crippen LogP contribution in [-0.4, -0.2) is 44.0 Å². The number of nitrogens with zero attached hydrogens (tertiary/aromatic N) is 1. The van der Waals surface area contributed by atoms with E-state index < -0.39 is 0 Å². The lowest BCUT2D eigenvalue weighted by molar-refractivity contribution is -0.131. The van der Waals surface area contributed by atoms with E-state index in [0.29, 0.717) is 5.78 Å². The first kappa shape index (κ1) is 10.7. The molecule has 0 aromatic carbocycles. The minimum absolute atomic E-state index is 0.189. The molecule has 3 nitrogen and oxygen atoms in total. The molecule has 0 spiro atoms. The zero-order valence-corrected chi connectivity index (χ0v) is 8.75. The van der Waals surface area contributed by atoms with Gasteiger partial charge in [-0.1, -0.05) is 13.8 Å². The Morgan fingerprint density at radius 1 is 1.54 bits per heavy atom. The molecule has 0 radical (unpaired) electrons. The van der Waals surface area contributed by atoms with Crippen molar-refractivity contribution in [1.82, 2.24) is 4.90 Å². The lowest BCUT2D eigenvalue weighted by atomic mass is 9.89. The van der Waals surface area contributed by atoms with Gasteiger partial charge in [-0.25, -0.2) is 0 Å². The van der Waals surface area contributed by atoms with E-state index in [-0.39, 0.29) is 11.8 Å². The summed E-state index contributed by atoms with van der Waals surface area (Å²) in [6.45, 7) is 7.53. The SMILES string of the molecule is COCCN1CC(C(=O)C(C)C)C1. The number of carbonyl (C=O) groups is 1. The van der Waals surface area contributed by atoms with Crippen molar-refractivity contribution in [3.8, 4) is 0 Å². The molecule has 3 heteroatoms. The van der Waals surface area contributed by atoms with Crippen molar-refractivity contribution in [2.45, 2.75) is 13.8 Å². The molecule has 0 atom stereocenters. The Bertz CT molecular complexity index is 174. The van der Waals surface area contributed by atoms with Crippen LogP contribution in [-0.2, 0) is 9.53 Å². The molecular formula is C10H19NO2. The van der Waals surface area contributed by atoms with Crippen LogP contribution in [0.3, 0.4) is 0 Å². The van der Waals surface area contributed by atoms with Crippen molar-refractivity contribution in [3.63, 3.8) is 0 Å². The number of Topliss-reactive ketones (excluding diaryl/α,β-unsaturated/α-hetero) is 1. The van der Waals surface area contributed by atoms with Crippen LogP contribution in [0.2, 0.25) is 0 Å². The Balaban J connectivity index is 2.14. The molecule has 0 saturated carbocycles. The normalized spacial score (nSPS) is 19.1. The fourth-order valence-corrected chi connectivity index (χ4v) is 1.62. The number of ether oxygens (including phenoxy) is 1. The van der Waals surface area contributed by atoms with Gasteiger partial charge < -0.3 is 4.74 Å². The Hall–Kier alpha value is -0.410. The molecule has 0 amide bonds. The second kappa shape index (κ2) is 4.72. The van der Waals surface area contributed by atoms with Gasteiger partial charge in [0.2, 0.25) is 0 Å². The van der Waals surface area contributed by atoms with E-state index in [1.54, 1.807) is 7.11 Å². The van der Waals surface area contributed by atoms with Gasteiger partial charge >= 0.3 is 0 Å². The van der Waals surface area contributed by atoms with Crippen molar-refractivity contribution in [2.75, 3.05) is 33.4 Å². The monoisotopic (exact) mass is 185 g/mol.